The van der Waals surface area contributed by atoms with Crippen molar-refractivity contribution in [1.82, 2.24) is 24.5 Å². The van der Waals surface area contributed by atoms with Crippen molar-refractivity contribution in [3.8, 4) is 0 Å². The van der Waals surface area contributed by atoms with E-state index in [4.69, 9.17) is 0 Å². The zero-order chi connectivity index (χ0) is 18.3. The summed E-state index contributed by atoms with van der Waals surface area (Å²) in [4.78, 5) is 22.3. The Kier molecular flexibility index (Phi) is 4.14. The van der Waals surface area contributed by atoms with Gasteiger partial charge in [-0.3, -0.25) is 4.79 Å². The first kappa shape index (κ1) is 17.0. The molecule has 1 fully saturated rings. The van der Waals surface area contributed by atoms with Gasteiger partial charge >= 0.3 is 6.18 Å². The standard InChI is InChI=1S/C16H14F3N5OS/c17-16(18,19)14-21-15-20-6-5-11(24(15)22-14)10-3-1-7-23(9-10)13(25)12-4-2-8-26-12/h2,4-6,8,10H,1,3,7,9H2/t10-/m0/s1. The molecule has 26 heavy (non-hydrogen) atoms. The Morgan fingerprint density at radius 3 is 2.88 bits per heavy atom. The largest absolute Gasteiger partial charge is 0.453 e. The van der Waals surface area contributed by atoms with Crippen LogP contribution in [-0.2, 0) is 6.18 Å². The highest BCUT2D eigenvalue weighted by Crippen LogP contribution is 2.30. The van der Waals surface area contributed by atoms with E-state index in [1.54, 1.807) is 17.0 Å². The van der Waals surface area contributed by atoms with Crippen LogP contribution in [0.2, 0.25) is 0 Å². The molecule has 6 nitrogen and oxygen atoms in total. The predicted octanol–water partition coefficient (Wildman–Crippen LogP) is 3.22. The van der Waals surface area contributed by atoms with E-state index in [2.05, 4.69) is 15.1 Å². The molecule has 0 unspecified atom stereocenters. The molecule has 0 radical (unpaired) electrons. The molecule has 4 rings (SSSR count). The maximum atomic E-state index is 12.9. The Morgan fingerprint density at radius 2 is 2.15 bits per heavy atom. The second-order valence-corrected chi connectivity index (χ2v) is 7.03. The number of hydrogen-bond donors (Lipinski definition) is 0. The first-order chi connectivity index (χ1) is 12.4. The minimum Gasteiger partial charge on any atom is -0.337 e. The molecule has 0 bridgehead atoms. The van der Waals surface area contributed by atoms with E-state index in [0.29, 0.717) is 23.7 Å². The molecule has 1 amide bonds. The average molecular weight is 381 g/mol. The lowest BCUT2D eigenvalue weighted by Gasteiger charge is -2.32. The summed E-state index contributed by atoms with van der Waals surface area (Å²) in [5.74, 6) is -1.47. The minimum absolute atomic E-state index is 0.0513. The van der Waals surface area contributed by atoms with Crippen LogP contribution in [0.3, 0.4) is 0 Å². The summed E-state index contributed by atoms with van der Waals surface area (Å²) in [6, 6.07) is 5.24. The average Bonchev–Trinajstić information content (AvgIpc) is 3.30. The SMILES string of the molecule is O=C(c1cccs1)N1CCC[C@H](c2ccnc3nc(C(F)(F)F)nn23)C1. The minimum atomic E-state index is -4.63. The summed E-state index contributed by atoms with van der Waals surface area (Å²) in [7, 11) is 0. The van der Waals surface area contributed by atoms with Gasteiger partial charge in [0.2, 0.25) is 0 Å². The maximum Gasteiger partial charge on any atom is 0.453 e. The Morgan fingerprint density at radius 1 is 1.31 bits per heavy atom. The second kappa shape index (κ2) is 6.35. The summed E-state index contributed by atoms with van der Waals surface area (Å²) in [6.07, 6.45) is -1.67. The molecule has 136 valence electrons. The fourth-order valence-corrected chi connectivity index (χ4v) is 3.89. The molecule has 1 aliphatic heterocycles. The van der Waals surface area contributed by atoms with Gasteiger partial charge in [-0.25, -0.2) is 9.50 Å². The van der Waals surface area contributed by atoms with Crippen LogP contribution in [0.4, 0.5) is 13.2 Å². The molecular weight excluding hydrogens is 367 g/mol. The Hall–Kier alpha value is -2.49. The maximum absolute atomic E-state index is 12.9. The topological polar surface area (TPSA) is 63.4 Å². The Balaban J connectivity index is 1.64. The fourth-order valence-electron chi connectivity index (χ4n) is 3.20. The number of aromatic nitrogens is 4. The smallest absolute Gasteiger partial charge is 0.337 e. The number of amides is 1. The third-order valence-corrected chi connectivity index (χ3v) is 5.24. The number of carbonyl (C=O) groups is 1. The van der Waals surface area contributed by atoms with Crippen LogP contribution in [0.15, 0.2) is 29.8 Å². The lowest BCUT2D eigenvalue weighted by atomic mass is 9.94. The van der Waals surface area contributed by atoms with Crippen molar-refractivity contribution in [2.24, 2.45) is 0 Å². The van der Waals surface area contributed by atoms with E-state index >= 15 is 0 Å². The van der Waals surface area contributed by atoms with Gasteiger partial charge in [0.05, 0.1) is 10.6 Å². The van der Waals surface area contributed by atoms with Crippen LogP contribution in [-0.4, -0.2) is 43.5 Å². The molecule has 1 aliphatic rings. The molecule has 3 aromatic heterocycles. The molecule has 10 heteroatoms. The van der Waals surface area contributed by atoms with Crippen molar-refractivity contribution in [2.75, 3.05) is 13.1 Å². The highest BCUT2D eigenvalue weighted by atomic mass is 32.1. The van der Waals surface area contributed by atoms with Gasteiger partial charge in [-0.15, -0.1) is 16.4 Å². The highest BCUT2D eigenvalue weighted by Gasteiger charge is 2.37. The summed E-state index contributed by atoms with van der Waals surface area (Å²) in [5, 5.41) is 5.44. The van der Waals surface area contributed by atoms with Crippen LogP contribution >= 0.6 is 11.3 Å². The van der Waals surface area contributed by atoms with Crippen LogP contribution in [0.25, 0.3) is 5.78 Å². The van der Waals surface area contributed by atoms with Crippen molar-refractivity contribution >= 4 is 23.0 Å². The molecule has 4 heterocycles. The van der Waals surface area contributed by atoms with E-state index < -0.39 is 12.0 Å². The molecule has 0 aliphatic carbocycles. The van der Waals surface area contributed by atoms with Crippen molar-refractivity contribution in [3.05, 3.63) is 46.2 Å². The number of fused-ring (bicyclic) bond motifs is 1. The lowest BCUT2D eigenvalue weighted by Crippen LogP contribution is -2.39. The van der Waals surface area contributed by atoms with Gasteiger partial charge in [-0.05, 0) is 30.4 Å². The lowest BCUT2D eigenvalue weighted by molar-refractivity contribution is -0.144. The fraction of sp³-hybridized carbons (Fsp3) is 0.375. The van der Waals surface area contributed by atoms with E-state index in [0.717, 1.165) is 17.4 Å². The second-order valence-electron chi connectivity index (χ2n) is 6.08. The summed E-state index contributed by atoms with van der Waals surface area (Å²) < 4.78 is 39.9. The van der Waals surface area contributed by atoms with E-state index in [9.17, 15) is 18.0 Å². The van der Waals surface area contributed by atoms with Crippen LogP contribution < -0.4 is 0 Å². The summed E-state index contributed by atoms with van der Waals surface area (Å²) in [5.41, 5.74) is 0.585. The van der Waals surface area contributed by atoms with Crippen molar-refractivity contribution in [1.29, 1.82) is 0 Å². The zero-order valence-electron chi connectivity index (χ0n) is 13.5. The van der Waals surface area contributed by atoms with E-state index in [1.165, 1.54) is 17.5 Å². The van der Waals surface area contributed by atoms with Crippen molar-refractivity contribution in [2.45, 2.75) is 24.9 Å². The third-order valence-electron chi connectivity index (χ3n) is 4.38. The van der Waals surface area contributed by atoms with Gasteiger partial charge in [0, 0.05) is 25.2 Å². The first-order valence-corrected chi connectivity index (χ1v) is 8.93. The van der Waals surface area contributed by atoms with Crippen molar-refractivity contribution < 1.29 is 18.0 Å². The van der Waals surface area contributed by atoms with Crippen LogP contribution in [0, 0.1) is 0 Å². The molecule has 0 spiro atoms. The number of carbonyl (C=O) groups excluding carboxylic acids is 1. The predicted molar refractivity (Wildman–Crippen MR) is 88.0 cm³/mol. The van der Waals surface area contributed by atoms with Crippen LogP contribution in [0.1, 0.15) is 39.9 Å². The van der Waals surface area contributed by atoms with Gasteiger partial charge in [0.25, 0.3) is 17.5 Å². The normalized spacial score (nSPS) is 18.4. The number of thiophene rings is 1. The molecule has 3 aromatic rings. The number of hydrogen-bond acceptors (Lipinski definition) is 5. The zero-order valence-corrected chi connectivity index (χ0v) is 14.3. The quantitative estimate of drug-likeness (QED) is 0.684. The van der Waals surface area contributed by atoms with Crippen molar-refractivity contribution in [3.63, 3.8) is 0 Å². The Labute approximate surface area is 150 Å². The number of nitrogens with zero attached hydrogens (tertiary/aromatic N) is 5. The number of halogens is 3. The summed E-state index contributed by atoms with van der Waals surface area (Å²) >= 11 is 1.38. The molecule has 1 atom stereocenters. The number of piperidine rings is 1. The van der Waals surface area contributed by atoms with Gasteiger partial charge in [0.15, 0.2) is 0 Å². The third kappa shape index (κ3) is 3.05. The molecule has 0 aromatic carbocycles. The van der Waals surface area contributed by atoms with Gasteiger partial charge in [-0.1, -0.05) is 6.07 Å². The molecular formula is C16H14F3N5OS. The molecule has 0 N–H and O–H groups in total. The number of rotatable bonds is 2. The first-order valence-electron chi connectivity index (χ1n) is 8.05. The Bertz CT molecular complexity index is 937. The number of alkyl halides is 3. The van der Waals surface area contributed by atoms with E-state index in [1.807, 2.05) is 11.4 Å². The van der Waals surface area contributed by atoms with Gasteiger partial charge in [0.1, 0.15) is 0 Å². The molecule has 0 saturated carbocycles. The monoisotopic (exact) mass is 381 g/mol. The van der Waals surface area contributed by atoms with Gasteiger partial charge < -0.3 is 4.90 Å². The van der Waals surface area contributed by atoms with Gasteiger partial charge in [-0.2, -0.15) is 18.2 Å². The number of likely N-dealkylation sites (tertiary alicyclic amines) is 1. The summed E-state index contributed by atoms with van der Waals surface area (Å²) in [6.45, 7) is 1.06. The highest BCUT2D eigenvalue weighted by molar-refractivity contribution is 7.12. The van der Waals surface area contributed by atoms with E-state index in [-0.39, 0.29) is 17.6 Å². The molecule has 1 saturated heterocycles. The van der Waals surface area contributed by atoms with Crippen LogP contribution in [0.5, 0.6) is 0 Å².